The summed E-state index contributed by atoms with van der Waals surface area (Å²) in [4.78, 5) is 16.7. The third kappa shape index (κ3) is 5.45. The molecule has 0 saturated heterocycles. The molecule has 11 heteroatoms. The molecule has 2 aromatic carbocycles. The van der Waals surface area contributed by atoms with Crippen molar-refractivity contribution in [1.29, 1.82) is 0 Å². The summed E-state index contributed by atoms with van der Waals surface area (Å²) in [5.74, 6) is 0.786. The maximum absolute atomic E-state index is 13.3. The van der Waals surface area contributed by atoms with Crippen molar-refractivity contribution in [2.75, 3.05) is 11.1 Å². The highest BCUT2D eigenvalue weighted by molar-refractivity contribution is 7.99. The van der Waals surface area contributed by atoms with E-state index in [2.05, 4.69) is 27.1 Å². The van der Waals surface area contributed by atoms with Crippen molar-refractivity contribution in [3.05, 3.63) is 71.8 Å². The van der Waals surface area contributed by atoms with Crippen LogP contribution in [0, 0.1) is 5.82 Å². The third-order valence-electron chi connectivity index (χ3n) is 4.22. The third-order valence-corrected chi connectivity index (χ3v) is 6.37. The Morgan fingerprint density at radius 3 is 2.88 bits per heavy atom. The normalized spacial score (nSPS) is 10.9. The summed E-state index contributed by atoms with van der Waals surface area (Å²) in [6.07, 6.45) is 1.72. The fourth-order valence-corrected chi connectivity index (χ4v) is 4.56. The Balaban J connectivity index is 1.37. The Hall–Kier alpha value is -2.95. The molecule has 164 valence electrons. The summed E-state index contributed by atoms with van der Waals surface area (Å²) >= 11 is 8.35. The van der Waals surface area contributed by atoms with Gasteiger partial charge in [-0.3, -0.25) is 9.36 Å². The van der Waals surface area contributed by atoms with Crippen LogP contribution >= 0.6 is 34.7 Å². The minimum atomic E-state index is -0.341. The summed E-state index contributed by atoms with van der Waals surface area (Å²) in [6, 6.07) is 11.3. The van der Waals surface area contributed by atoms with Crippen LogP contribution in [0.1, 0.15) is 5.82 Å². The fraction of sp³-hybridized carbons (Fsp3) is 0.143. The van der Waals surface area contributed by atoms with Gasteiger partial charge in [-0.1, -0.05) is 40.8 Å². The average molecular weight is 490 g/mol. The number of benzene rings is 2. The molecule has 2 heterocycles. The van der Waals surface area contributed by atoms with Gasteiger partial charge in [0, 0.05) is 11.6 Å². The van der Waals surface area contributed by atoms with Crippen LogP contribution in [0.4, 0.5) is 9.52 Å². The number of amides is 1. The number of hydrogen-bond donors (Lipinski definition) is 1. The van der Waals surface area contributed by atoms with Crippen molar-refractivity contribution in [3.63, 3.8) is 0 Å². The molecule has 0 saturated carbocycles. The second kappa shape index (κ2) is 10.1. The lowest BCUT2D eigenvalue weighted by atomic mass is 10.3. The van der Waals surface area contributed by atoms with Crippen LogP contribution in [0.5, 0.6) is 5.75 Å². The van der Waals surface area contributed by atoms with Crippen LogP contribution in [-0.2, 0) is 17.9 Å². The van der Waals surface area contributed by atoms with E-state index in [0.717, 1.165) is 0 Å². The van der Waals surface area contributed by atoms with E-state index in [-0.39, 0.29) is 24.1 Å². The highest BCUT2D eigenvalue weighted by Crippen LogP contribution is 2.27. The van der Waals surface area contributed by atoms with E-state index < -0.39 is 0 Å². The van der Waals surface area contributed by atoms with Gasteiger partial charge in [0.1, 0.15) is 18.2 Å². The first-order chi connectivity index (χ1) is 15.5. The SMILES string of the molecule is C=CCn1c(COc2ccc(Cl)cc2)nnc1SCC(=O)Nc1nc2ccc(F)cc2s1. The molecule has 0 radical (unpaired) electrons. The zero-order chi connectivity index (χ0) is 22.5. The number of allylic oxidation sites excluding steroid dienone is 1. The average Bonchev–Trinajstić information content (AvgIpc) is 3.35. The molecule has 0 unspecified atom stereocenters. The van der Waals surface area contributed by atoms with Crippen LogP contribution < -0.4 is 10.1 Å². The Labute approximate surface area is 196 Å². The van der Waals surface area contributed by atoms with Gasteiger partial charge in [-0.25, -0.2) is 9.37 Å². The molecule has 0 fully saturated rings. The smallest absolute Gasteiger partial charge is 0.236 e. The zero-order valence-electron chi connectivity index (χ0n) is 16.6. The molecule has 4 aromatic rings. The van der Waals surface area contributed by atoms with Crippen molar-refractivity contribution in [2.45, 2.75) is 18.3 Å². The van der Waals surface area contributed by atoms with E-state index in [1.807, 2.05) is 4.57 Å². The van der Waals surface area contributed by atoms with E-state index in [9.17, 15) is 9.18 Å². The van der Waals surface area contributed by atoms with Crippen molar-refractivity contribution < 1.29 is 13.9 Å². The molecule has 2 aromatic heterocycles. The van der Waals surface area contributed by atoms with Gasteiger partial charge < -0.3 is 10.1 Å². The number of carbonyl (C=O) groups is 1. The van der Waals surface area contributed by atoms with Crippen LogP contribution in [-0.4, -0.2) is 31.4 Å². The van der Waals surface area contributed by atoms with Crippen LogP contribution in [0.15, 0.2) is 60.3 Å². The molecule has 1 amide bonds. The molecular formula is C21H17ClFN5O2S2. The minimum Gasteiger partial charge on any atom is -0.486 e. The van der Waals surface area contributed by atoms with Gasteiger partial charge in [-0.15, -0.1) is 16.8 Å². The Morgan fingerprint density at radius 2 is 2.09 bits per heavy atom. The number of hydrogen-bond acceptors (Lipinski definition) is 7. The summed E-state index contributed by atoms with van der Waals surface area (Å²) < 4.78 is 21.6. The number of fused-ring (bicyclic) bond motifs is 1. The topological polar surface area (TPSA) is 81.9 Å². The van der Waals surface area contributed by atoms with Crippen molar-refractivity contribution >= 4 is 56.0 Å². The van der Waals surface area contributed by atoms with E-state index >= 15 is 0 Å². The van der Waals surface area contributed by atoms with Crippen molar-refractivity contribution in [1.82, 2.24) is 19.7 Å². The lowest BCUT2D eigenvalue weighted by Crippen LogP contribution is -2.14. The second-order valence-electron chi connectivity index (χ2n) is 6.51. The molecule has 0 spiro atoms. The lowest BCUT2D eigenvalue weighted by Gasteiger charge is -2.09. The maximum Gasteiger partial charge on any atom is 0.236 e. The monoisotopic (exact) mass is 489 g/mol. The number of anilines is 1. The first-order valence-electron chi connectivity index (χ1n) is 9.42. The van der Waals surface area contributed by atoms with Crippen molar-refractivity contribution in [2.24, 2.45) is 0 Å². The number of halogens is 2. The van der Waals surface area contributed by atoms with E-state index in [1.54, 1.807) is 36.4 Å². The van der Waals surface area contributed by atoms with Crippen LogP contribution in [0.25, 0.3) is 10.2 Å². The molecule has 0 aliphatic heterocycles. The molecule has 0 aliphatic carbocycles. The molecule has 4 rings (SSSR count). The number of nitrogens with one attached hydrogen (secondary N) is 1. The Morgan fingerprint density at radius 1 is 1.28 bits per heavy atom. The Bertz CT molecular complexity index is 1260. The summed E-state index contributed by atoms with van der Waals surface area (Å²) in [7, 11) is 0. The number of ether oxygens (including phenoxy) is 1. The summed E-state index contributed by atoms with van der Waals surface area (Å²) in [5, 5.41) is 12.7. The van der Waals surface area contributed by atoms with E-state index in [0.29, 0.717) is 43.6 Å². The molecular weight excluding hydrogens is 473 g/mol. The van der Waals surface area contributed by atoms with Gasteiger partial charge in [0.2, 0.25) is 5.91 Å². The lowest BCUT2D eigenvalue weighted by molar-refractivity contribution is -0.113. The number of rotatable bonds is 9. The van der Waals surface area contributed by atoms with Crippen LogP contribution in [0.3, 0.4) is 0 Å². The minimum absolute atomic E-state index is 0.109. The highest BCUT2D eigenvalue weighted by Gasteiger charge is 2.15. The number of thiazole rings is 1. The molecule has 0 aliphatic rings. The first-order valence-corrected chi connectivity index (χ1v) is 11.6. The summed E-state index contributed by atoms with van der Waals surface area (Å²) in [6.45, 7) is 4.45. The Kier molecular flexibility index (Phi) is 7.03. The number of aromatic nitrogens is 4. The van der Waals surface area contributed by atoms with Gasteiger partial charge in [0.25, 0.3) is 0 Å². The van der Waals surface area contributed by atoms with Gasteiger partial charge >= 0.3 is 0 Å². The van der Waals surface area contributed by atoms with Gasteiger partial charge in [-0.2, -0.15) is 0 Å². The van der Waals surface area contributed by atoms with E-state index in [4.69, 9.17) is 16.3 Å². The second-order valence-corrected chi connectivity index (χ2v) is 8.92. The van der Waals surface area contributed by atoms with Gasteiger partial charge in [0.15, 0.2) is 16.1 Å². The molecule has 7 nitrogen and oxygen atoms in total. The molecule has 32 heavy (non-hydrogen) atoms. The fourth-order valence-electron chi connectivity index (χ4n) is 2.76. The summed E-state index contributed by atoms with van der Waals surface area (Å²) in [5.41, 5.74) is 0.635. The zero-order valence-corrected chi connectivity index (χ0v) is 19.0. The number of nitrogens with zero attached hydrogens (tertiary/aromatic N) is 4. The molecule has 0 bridgehead atoms. The molecule has 0 atom stereocenters. The quantitative estimate of drug-likeness (QED) is 0.258. The largest absolute Gasteiger partial charge is 0.486 e. The first kappa shape index (κ1) is 22.3. The number of carbonyl (C=O) groups excluding carboxylic acids is 1. The molecule has 1 N–H and O–H groups in total. The highest BCUT2D eigenvalue weighted by atomic mass is 35.5. The van der Waals surface area contributed by atoms with Crippen molar-refractivity contribution in [3.8, 4) is 5.75 Å². The van der Waals surface area contributed by atoms with Gasteiger partial charge in [0.05, 0.1) is 16.0 Å². The number of thioether (sulfide) groups is 1. The predicted molar refractivity (Wildman–Crippen MR) is 125 cm³/mol. The van der Waals surface area contributed by atoms with E-state index in [1.165, 1.54) is 35.2 Å². The van der Waals surface area contributed by atoms with Crippen LogP contribution in [0.2, 0.25) is 5.02 Å². The predicted octanol–water partition coefficient (Wildman–Crippen LogP) is 5.18. The maximum atomic E-state index is 13.3. The standard InChI is InChI=1S/C21H17ClFN5O2S2/c1-2-9-28-18(11-30-15-6-3-13(22)4-7-15)26-27-21(28)31-12-19(29)25-20-24-16-8-5-14(23)10-17(16)32-20/h2-8,10H,1,9,11-12H2,(H,24,25,29). The van der Waals surface area contributed by atoms with Gasteiger partial charge in [-0.05, 0) is 42.5 Å².